The summed E-state index contributed by atoms with van der Waals surface area (Å²) in [6, 6.07) is 6.33. The van der Waals surface area contributed by atoms with E-state index in [0.29, 0.717) is 20.4 Å². The van der Waals surface area contributed by atoms with Crippen LogP contribution < -0.4 is 0 Å². The lowest BCUT2D eigenvalue weighted by Crippen LogP contribution is -1.89. The predicted octanol–water partition coefficient (Wildman–Crippen LogP) is 3.67. The van der Waals surface area contributed by atoms with E-state index in [0.717, 1.165) is 23.1 Å². The normalized spacial score (nSPS) is 10.3. The summed E-state index contributed by atoms with van der Waals surface area (Å²) in [7, 11) is 0. The zero-order valence-electron chi connectivity index (χ0n) is 8.70. The van der Waals surface area contributed by atoms with E-state index in [2.05, 4.69) is 4.98 Å². The van der Waals surface area contributed by atoms with Crippen LogP contribution in [-0.4, -0.2) is 16.2 Å². The first kappa shape index (κ1) is 13.0. The third kappa shape index (κ3) is 2.69. The van der Waals surface area contributed by atoms with Crippen LogP contribution in [0.2, 0.25) is 5.15 Å². The largest absolute Gasteiger partial charge is 0.297 e. The number of carbonyl (C=O) groups excluding carboxylic acids is 1. The van der Waals surface area contributed by atoms with Gasteiger partial charge in [0.25, 0.3) is 5.69 Å². The van der Waals surface area contributed by atoms with Gasteiger partial charge in [-0.1, -0.05) is 35.5 Å². The molecule has 1 aromatic heterocycles. The van der Waals surface area contributed by atoms with Gasteiger partial charge in [0, 0.05) is 6.07 Å². The average molecular weight is 301 g/mol. The third-order valence-corrected chi connectivity index (χ3v) is 4.46. The molecule has 0 radical (unpaired) electrons. The second-order valence-corrected chi connectivity index (χ2v) is 5.76. The fourth-order valence-electron chi connectivity index (χ4n) is 1.20. The van der Waals surface area contributed by atoms with Gasteiger partial charge in [-0.05, 0) is 6.07 Å². The molecular formula is C10H5ClN2O3S2. The molecule has 18 heavy (non-hydrogen) atoms. The van der Waals surface area contributed by atoms with Crippen LogP contribution in [0.5, 0.6) is 0 Å². The Kier molecular flexibility index (Phi) is 3.95. The Morgan fingerprint density at radius 1 is 1.44 bits per heavy atom. The number of halogens is 1. The van der Waals surface area contributed by atoms with E-state index >= 15 is 0 Å². The second kappa shape index (κ2) is 5.47. The van der Waals surface area contributed by atoms with Crippen molar-refractivity contribution in [2.24, 2.45) is 0 Å². The highest BCUT2D eigenvalue weighted by Gasteiger charge is 2.16. The molecule has 5 nitrogen and oxygen atoms in total. The number of nitrogens with zero attached hydrogens (tertiary/aromatic N) is 2. The zero-order valence-corrected chi connectivity index (χ0v) is 11.1. The van der Waals surface area contributed by atoms with Crippen LogP contribution in [0.1, 0.15) is 9.67 Å². The molecule has 1 heterocycles. The maximum Gasteiger partial charge on any atom is 0.283 e. The molecule has 0 spiro atoms. The summed E-state index contributed by atoms with van der Waals surface area (Å²) >= 11 is 7.95. The lowest BCUT2D eigenvalue weighted by atomic mass is 10.3. The summed E-state index contributed by atoms with van der Waals surface area (Å²) in [5.41, 5.74) is 0.00137. The zero-order chi connectivity index (χ0) is 13.1. The minimum Gasteiger partial charge on any atom is -0.297 e. The molecule has 0 aliphatic heterocycles. The van der Waals surface area contributed by atoms with Gasteiger partial charge in [0.05, 0.1) is 9.82 Å². The van der Waals surface area contributed by atoms with Crippen LogP contribution in [0.4, 0.5) is 5.69 Å². The topological polar surface area (TPSA) is 73.1 Å². The van der Waals surface area contributed by atoms with Crippen molar-refractivity contribution in [3.63, 3.8) is 0 Å². The maximum absolute atomic E-state index is 10.8. The van der Waals surface area contributed by atoms with E-state index in [1.165, 1.54) is 6.07 Å². The van der Waals surface area contributed by atoms with Gasteiger partial charge >= 0.3 is 0 Å². The fraction of sp³-hybridized carbons (Fsp3) is 0. The van der Waals surface area contributed by atoms with Crippen LogP contribution in [-0.2, 0) is 0 Å². The molecule has 0 aliphatic carbocycles. The number of thiazole rings is 1. The summed E-state index contributed by atoms with van der Waals surface area (Å²) in [5, 5.41) is 11.0. The number of para-hydroxylation sites is 1. The smallest absolute Gasteiger partial charge is 0.283 e. The highest BCUT2D eigenvalue weighted by Crippen LogP contribution is 2.38. The number of aldehydes is 1. The number of hydrogen-bond acceptors (Lipinski definition) is 6. The second-order valence-electron chi connectivity index (χ2n) is 3.08. The van der Waals surface area contributed by atoms with Gasteiger partial charge in [-0.3, -0.25) is 14.9 Å². The Labute approximate surface area is 115 Å². The quantitative estimate of drug-likeness (QED) is 0.489. The molecule has 0 aliphatic rings. The van der Waals surface area contributed by atoms with E-state index in [1.807, 2.05) is 0 Å². The molecule has 0 fully saturated rings. The Hall–Kier alpha value is -1.44. The van der Waals surface area contributed by atoms with Crippen molar-refractivity contribution in [3.05, 3.63) is 44.4 Å². The van der Waals surface area contributed by atoms with Gasteiger partial charge in [0.2, 0.25) is 0 Å². The minimum atomic E-state index is -0.460. The number of aromatic nitrogens is 1. The molecule has 2 rings (SSSR count). The molecule has 0 N–H and O–H groups in total. The van der Waals surface area contributed by atoms with Crippen molar-refractivity contribution in [1.82, 2.24) is 4.98 Å². The highest BCUT2D eigenvalue weighted by molar-refractivity contribution is 8.01. The molecule has 8 heteroatoms. The van der Waals surface area contributed by atoms with E-state index < -0.39 is 4.92 Å². The average Bonchev–Trinajstić information content (AvgIpc) is 2.70. The van der Waals surface area contributed by atoms with Crippen molar-refractivity contribution in [1.29, 1.82) is 0 Å². The summed E-state index contributed by atoms with van der Waals surface area (Å²) in [6.07, 6.45) is 0.615. The Morgan fingerprint density at radius 2 is 2.17 bits per heavy atom. The van der Waals surface area contributed by atoms with Gasteiger partial charge in [0.15, 0.2) is 15.8 Å². The number of nitro groups is 1. The number of rotatable bonds is 4. The first-order chi connectivity index (χ1) is 8.61. The van der Waals surface area contributed by atoms with Crippen molar-refractivity contribution >= 4 is 46.7 Å². The molecule has 0 atom stereocenters. The third-order valence-electron chi connectivity index (χ3n) is 1.96. The lowest BCUT2D eigenvalue weighted by molar-refractivity contribution is -0.387. The van der Waals surface area contributed by atoms with E-state index in [1.54, 1.807) is 18.2 Å². The van der Waals surface area contributed by atoms with Crippen LogP contribution >= 0.6 is 34.7 Å². The number of hydrogen-bond donors (Lipinski definition) is 0. The number of nitro benzene ring substituents is 1. The summed E-state index contributed by atoms with van der Waals surface area (Å²) < 4.78 is 0.497. The molecular weight excluding hydrogens is 296 g/mol. The number of carbonyl (C=O) groups is 1. The molecule has 1 aromatic carbocycles. The summed E-state index contributed by atoms with van der Waals surface area (Å²) in [6.45, 7) is 0. The highest BCUT2D eigenvalue weighted by atomic mass is 35.5. The van der Waals surface area contributed by atoms with Crippen molar-refractivity contribution in [2.45, 2.75) is 9.24 Å². The SMILES string of the molecule is O=Cc1sc(Sc2ccccc2[N+](=O)[O-])nc1Cl. The fourth-order valence-corrected chi connectivity index (χ4v) is 3.47. The van der Waals surface area contributed by atoms with Gasteiger partial charge in [-0.2, -0.15) is 0 Å². The van der Waals surface area contributed by atoms with Gasteiger partial charge in [0.1, 0.15) is 4.88 Å². The van der Waals surface area contributed by atoms with Crippen molar-refractivity contribution in [2.75, 3.05) is 0 Å². The standard InChI is InChI=1S/C10H5ClN2O3S2/c11-9-8(5-14)18-10(12-9)17-7-4-2-1-3-6(7)13(15)16/h1-5H. The van der Waals surface area contributed by atoms with Gasteiger partial charge < -0.3 is 0 Å². The van der Waals surface area contributed by atoms with Crippen molar-refractivity contribution in [3.8, 4) is 0 Å². The predicted molar refractivity (Wildman–Crippen MR) is 69.7 cm³/mol. The molecule has 0 bridgehead atoms. The molecule has 92 valence electrons. The Balaban J connectivity index is 2.33. The van der Waals surface area contributed by atoms with Crippen LogP contribution in [0.15, 0.2) is 33.5 Å². The molecule has 0 saturated heterocycles. The maximum atomic E-state index is 10.8. The van der Waals surface area contributed by atoms with E-state index in [-0.39, 0.29) is 10.8 Å². The Morgan fingerprint density at radius 3 is 2.78 bits per heavy atom. The summed E-state index contributed by atoms with van der Waals surface area (Å²) in [5.74, 6) is 0. The van der Waals surface area contributed by atoms with Gasteiger partial charge in [-0.25, -0.2) is 4.98 Å². The molecule has 0 unspecified atom stereocenters. The monoisotopic (exact) mass is 300 g/mol. The van der Waals surface area contributed by atoms with Crippen LogP contribution in [0, 0.1) is 10.1 Å². The molecule has 2 aromatic rings. The van der Waals surface area contributed by atoms with Crippen LogP contribution in [0.25, 0.3) is 0 Å². The van der Waals surface area contributed by atoms with Crippen molar-refractivity contribution < 1.29 is 9.72 Å². The first-order valence-corrected chi connectivity index (χ1v) is 6.65. The van der Waals surface area contributed by atoms with Crippen LogP contribution in [0.3, 0.4) is 0 Å². The molecule has 0 amide bonds. The number of benzene rings is 1. The van der Waals surface area contributed by atoms with E-state index in [4.69, 9.17) is 11.6 Å². The summed E-state index contributed by atoms with van der Waals surface area (Å²) in [4.78, 5) is 25.8. The Bertz CT molecular complexity index is 615. The lowest BCUT2D eigenvalue weighted by Gasteiger charge is -1.98. The molecule has 0 saturated carbocycles. The van der Waals surface area contributed by atoms with Gasteiger partial charge in [-0.15, -0.1) is 11.3 Å². The minimum absolute atomic E-state index is 0.00137. The first-order valence-electron chi connectivity index (χ1n) is 4.64. The van der Waals surface area contributed by atoms with E-state index in [9.17, 15) is 14.9 Å².